The van der Waals surface area contributed by atoms with E-state index in [9.17, 15) is 34.0 Å². The Morgan fingerprint density at radius 2 is 1.63 bits per heavy atom. The second-order valence-electron chi connectivity index (χ2n) is 6.09. The summed E-state index contributed by atoms with van der Waals surface area (Å²) in [4.78, 5) is 56.9. The molecule has 1 aliphatic rings. The molecule has 3 heterocycles. The molecule has 1 unspecified atom stereocenters. The number of aromatic nitrogens is 4. The number of fused-ring (bicyclic) bond motifs is 1. The summed E-state index contributed by atoms with van der Waals surface area (Å²) in [5.74, 6) is 0.0526. The Morgan fingerprint density at radius 3 is 2.20 bits per heavy atom. The van der Waals surface area contributed by atoms with Crippen LogP contribution in [0.1, 0.15) is 6.23 Å². The smallest absolute Gasteiger partial charge is 0.387 e. The van der Waals surface area contributed by atoms with Crippen molar-refractivity contribution < 1.29 is 57.4 Å². The first-order valence-electron chi connectivity index (χ1n) is 7.97. The number of ether oxygens (including phenoxy) is 1. The molecule has 0 bridgehead atoms. The zero-order chi connectivity index (χ0) is 23.2. The quantitative estimate of drug-likeness (QED) is 0.127. The summed E-state index contributed by atoms with van der Waals surface area (Å²) in [5.41, 5.74) is 6.04. The van der Waals surface area contributed by atoms with Crippen molar-refractivity contribution in [3.05, 3.63) is 12.7 Å². The molecule has 1 saturated heterocycles. The van der Waals surface area contributed by atoms with Gasteiger partial charge in [0.15, 0.2) is 17.7 Å². The van der Waals surface area contributed by atoms with Crippen LogP contribution in [0.15, 0.2) is 17.2 Å². The summed E-state index contributed by atoms with van der Waals surface area (Å²) in [6.45, 7) is -0.897. The van der Waals surface area contributed by atoms with Crippen LogP contribution >= 0.6 is 23.3 Å². The molecule has 178 valence electrons. The minimum atomic E-state index is -5.45. The number of phosphoric acid groups is 1. The molecule has 1 aliphatic heterocycles. The molecule has 3 rings (SSSR count). The largest absolute Gasteiger partial charge is 0.477 e. The van der Waals surface area contributed by atoms with Crippen molar-refractivity contribution in [2.45, 2.75) is 24.5 Å². The van der Waals surface area contributed by atoms with Crippen LogP contribution in [0.25, 0.3) is 11.2 Å². The summed E-state index contributed by atoms with van der Waals surface area (Å²) in [5, 5.41) is 20.4. The van der Waals surface area contributed by atoms with Crippen molar-refractivity contribution >= 4 is 116 Å². The normalized spacial score (nSPS) is 23.7. The number of anilines is 1. The summed E-state index contributed by atoms with van der Waals surface area (Å²) >= 11 is 0. The van der Waals surface area contributed by atoms with Gasteiger partial charge in [-0.2, -0.15) is 0 Å². The number of rotatable bonds is 7. The number of imidazole rings is 1. The molecule has 18 nitrogen and oxygen atoms in total. The van der Waals surface area contributed by atoms with E-state index in [0.29, 0.717) is 0 Å². The van der Waals surface area contributed by atoms with Gasteiger partial charge in [-0.05, 0) is 0 Å². The van der Waals surface area contributed by atoms with E-state index < -0.39 is 54.5 Å². The zero-order valence-corrected chi connectivity index (χ0v) is 21.7. The maximum absolute atomic E-state index is 11.9. The Balaban J connectivity index is 0. The predicted octanol–water partition coefficient (Wildman–Crippen LogP) is -3.34. The first-order valence-corrected chi connectivity index (χ1v) is 12.6. The van der Waals surface area contributed by atoms with Crippen molar-refractivity contribution in [3.63, 3.8) is 0 Å². The molecule has 0 saturated carbocycles. The molecule has 25 heteroatoms. The van der Waals surface area contributed by atoms with E-state index in [4.69, 9.17) is 20.3 Å². The van der Waals surface area contributed by atoms with Crippen LogP contribution in [0.3, 0.4) is 0 Å². The minimum absolute atomic E-state index is 0. The van der Waals surface area contributed by atoms with Crippen LogP contribution in [0.4, 0.5) is 5.82 Å². The third-order valence-corrected chi connectivity index (χ3v) is 7.90. The van der Waals surface area contributed by atoms with Crippen LogP contribution in [-0.2, 0) is 22.7 Å². The predicted molar refractivity (Wildman–Crippen MR) is 121 cm³/mol. The Labute approximate surface area is 245 Å². The number of hydrogen-bond donors (Lipinski definition) is 8. The average molecular weight is 534 g/mol. The summed E-state index contributed by atoms with van der Waals surface area (Å²) in [6.07, 6.45) is -3.55. The van der Waals surface area contributed by atoms with Gasteiger partial charge in [-0.1, -0.05) is 0 Å². The van der Waals surface area contributed by atoms with Crippen LogP contribution in [0.5, 0.6) is 0 Å². The first kappa shape index (κ1) is 38.2. The molecule has 2 aromatic rings. The molecule has 35 heavy (non-hydrogen) atoms. The van der Waals surface area contributed by atoms with Crippen molar-refractivity contribution in [2.75, 3.05) is 12.3 Å². The molecule has 0 aliphatic carbocycles. The second kappa shape index (κ2) is 14.4. The SMILES string of the molecule is Nc1ncnc2c1ncn2[C@@H]1O[C@H](COP(=O)(O)N=P(O)(O)OP(=O)(O)O)[C@@H](O)[C@H]1O.[Li].[Li].[Li].[Li]. The van der Waals surface area contributed by atoms with Gasteiger partial charge < -0.3 is 45.2 Å². The van der Waals surface area contributed by atoms with Crippen molar-refractivity contribution in [3.8, 4) is 0 Å². The number of nitrogens with two attached hydrogens (primary N) is 1. The van der Waals surface area contributed by atoms with Crippen LogP contribution in [-0.4, -0.2) is 155 Å². The Hall–Kier alpha value is 1.03. The molecule has 2 aromatic heterocycles. The van der Waals surface area contributed by atoms with Gasteiger partial charge in [-0.25, -0.2) is 28.4 Å². The van der Waals surface area contributed by atoms with Crippen molar-refractivity contribution in [1.82, 2.24) is 19.5 Å². The fourth-order valence-corrected chi connectivity index (χ4v) is 5.95. The molecule has 5 atom stereocenters. The standard InChI is InChI=1S/C10H17N6O12P3.4Li/c11-8-5-9(13-2-12-8)16(3-14-5)10-7(18)6(17)4(27-10)1-26-29(19,20)15-30(21,22)28-31(23,24)25;;;;/h2-4,6-7,10,17-18,21-22H,1H2,(H,19,20)(H2,11,12,13)(H2,23,24,25);;;;/t4-,6-,7-,10-;;;;/m1..../s1. The number of hydrogen-bond acceptors (Lipinski definition) is 11. The van der Waals surface area contributed by atoms with E-state index in [1.807, 2.05) is 0 Å². The summed E-state index contributed by atoms with van der Waals surface area (Å²) < 4.78 is 39.7. The molecule has 4 radical (unpaired) electrons. The number of aliphatic hydroxyl groups is 2. The molecular formula is C10H17Li4N6O12P3. The van der Waals surface area contributed by atoms with Gasteiger partial charge >= 0.3 is 23.3 Å². The van der Waals surface area contributed by atoms with Gasteiger partial charge in [0.2, 0.25) is 0 Å². The van der Waals surface area contributed by atoms with E-state index in [0.717, 1.165) is 6.33 Å². The fraction of sp³-hybridized carbons (Fsp3) is 0.500. The summed E-state index contributed by atoms with van der Waals surface area (Å²) in [6, 6.07) is 0. The van der Waals surface area contributed by atoms with Crippen LogP contribution < -0.4 is 5.73 Å². The van der Waals surface area contributed by atoms with Gasteiger partial charge in [0.25, 0.3) is 0 Å². The molecule has 0 spiro atoms. The second-order valence-corrected chi connectivity index (χ2v) is 10.7. The van der Waals surface area contributed by atoms with Gasteiger partial charge in [0.1, 0.15) is 30.2 Å². The van der Waals surface area contributed by atoms with Gasteiger partial charge in [0.05, 0.1) is 12.9 Å². The van der Waals surface area contributed by atoms with E-state index in [1.165, 1.54) is 10.9 Å². The molecular weight excluding hydrogens is 517 g/mol. The average Bonchev–Trinajstić information content (AvgIpc) is 3.13. The molecule has 1 fully saturated rings. The van der Waals surface area contributed by atoms with E-state index >= 15 is 0 Å². The zero-order valence-electron chi connectivity index (χ0n) is 19.0. The van der Waals surface area contributed by atoms with Crippen molar-refractivity contribution in [2.24, 2.45) is 4.52 Å². The molecule has 9 N–H and O–H groups in total. The van der Waals surface area contributed by atoms with Gasteiger partial charge in [0, 0.05) is 75.4 Å². The number of nitrogen functional groups attached to an aromatic ring is 1. The number of nitrogens with zero attached hydrogens (tertiary/aromatic N) is 5. The molecule has 0 amide bonds. The number of aliphatic hydroxyl groups excluding tert-OH is 2. The Kier molecular flexibility index (Phi) is 15.7. The Bertz CT molecular complexity index is 1130. The Morgan fingerprint density at radius 1 is 1.03 bits per heavy atom. The third kappa shape index (κ3) is 9.93. The van der Waals surface area contributed by atoms with E-state index in [1.54, 1.807) is 0 Å². The maximum atomic E-state index is 11.9. The summed E-state index contributed by atoms with van der Waals surface area (Å²) in [7, 11) is -16.0. The minimum Gasteiger partial charge on any atom is -0.387 e. The van der Waals surface area contributed by atoms with Gasteiger partial charge in [-0.15, -0.1) is 4.52 Å². The topological polar surface area (TPSA) is 285 Å². The monoisotopic (exact) mass is 534 g/mol. The molecule has 0 aromatic carbocycles. The fourth-order valence-electron chi connectivity index (χ4n) is 2.66. The van der Waals surface area contributed by atoms with E-state index in [-0.39, 0.29) is 92.4 Å². The maximum Gasteiger partial charge on any atom is 0.477 e. The van der Waals surface area contributed by atoms with Crippen LogP contribution in [0.2, 0.25) is 0 Å². The first-order chi connectivity index (χ1) is 14.2. The van der Waals surface area contributed by atoms with Crippen LogP contribution in [0, 0.1) is 0 Å². The van der Waals surface area contributed by atoms with Crippen molar-refractivity contribution in [1.29, 1.82) is 0 Å². The van der Waals surface area contributed by atoms with Gasteiger partial charge in [-0.3, -0.25) is 9.09 Å². The third-order valence-electron chi connectivity index (χ3n) is 3.85. The van der Waals surface area contributed by atoms with E-state index in [2.05, 4.69) is 28.3 Å².